The van der Waals surface area contributed by atoms with E-state index in [0.29, 0.717) is 0 Å². The zero-order valence-electron chi connectivity index (χ0n) is 16.1. The molecule has 2 rings (SSSR count). The fourth-order valence-corrected chi connectivity index (χ4v) is 3.45. The van der Waals surface area contributed by atoms with Crippen LogP contribution >= 0.6 is 0 Å². The second kappa shape index (κ2) is 9.71. The van der Waals surface area contributed by atoms with Gasteiger partial charge in [0.05, 0.1) is 11.0 Å². The number of rotatable bonds is 11. The lowest BCUT2D eigenvalue weighted by Crippen LogP contribution is -2.24. The Bertz CT molecular complexity index is 609. The Hall–Kier alpha value is -1.51. The fraction of sp³-hybridized carbons (Fsp3) is 0.667. The molecular weight excluding hydrogens is 294 g/mol. The van der Waals surface area contributed by atoms with Crippen LogP contribution in [0.5, 0.6) is 0 Å². The summed E-state index contributed by atoms with van der Waals surface area (Å²) >= 11 is 0. The quantitative estimate of drug-likeness (QED) is 0.492. The van der Waals surface area contributed by atoms with Gasteiger partial charge in [-0.25, -0.2) is 4.98 Å². The van der Waals surface area contributed by atoms with Gasteiger partial charge in [-0.3, -0.25) is 0 Å². The Labute approximate surface area is 148 Å². The molecule has 0 unspecified atom stereocenters. The standard InChI is InChI=1S/C21H35N3/c1-5-8-9-10-11-12-21-22-19-17-18(13-14-20(19)23(21)4)24(15-6-2)16-7-3/h13-14,17H,5-12,15-16H2,1-4H3. The molecule has 1 aromatic carbocycles. The van der Waals surface area contributed by atoms with Gasteiger partial charge in [-0.1, -0.05) is 46.5 Å². The molecule has 3 nitrogen and oxygen atoms in total. The zero-order valence-corrected chi connectivity index (χ0v) is 16.1. The number of unbranched alkanes of at least 4 members (excludes halogenated alkanes) is 4. The first-order valence-corrected chi connectivity index (χ1v) is 9.91. The Kier molecular flexibility index (Phi) is 7.61. The number of aromatic nitrogens is 2. The van der Waals surface area contributed by atoms with Gasteiger partial charge in [0.1, 0.15) is 5.82 Å². The first-order valence-electron chi connectivity index (χ1n) is 9.91. The van der Waals surface area contributed by atoms with Gasteiger partial charge >= 0.3 is 0 Å². The summed E-state index contributed by atoms with van der Waals surface area (Å²) in [7, 11) is 2.16. The number of hydrogen-bond acceptors (Lipinski definition) is 2. The third-order valence-corrected chi connectivity index (χ3v) is 4.81. The van der Waals surface area contributed by atoms with Gasteiger partial charge in [0.2, 0.25) is 0 Å². The van der Waals surface area contributed by atoms with Crippen molar-refractivity contribution >= 4 is 16.7 Å². The van der Waals surface area contributed by atoms with Crippen molar-refractivity contribution in [1.82, 2.24) is 9.55 Å². The topological polar surface area (TPSA) is 21.1 Å². The fourth-order valence-electron chi connectivity index (χ4n) is 3.45. The van der Waals surface area contributed by atoms with Crippen LogP contribution in [0.4, 0.5) is 5.69 Å². The summed E-state index contributed by atoms with van der Waals surface area (Å²) in [5, 5.41) is 0. The summed E-state index contributed by atoms with van der Waals surface area (Å²) in [5.74, 6) is 1.23. The highest BCUT2D eigenvalue weighted by atomic mass is 15.1. The van der Waals surface area contributed by atoms with Crippen molar-refractivity contribution in [1.29, 1.82) is 0 Å². The molecule has 0 amide bonds. The number of benzene rings is 1. The highest BCUT2D eigenvalue weighted by Gasteiger charge is 2.11. The van der Waals surface area contributed by atoms with Crippen LogP contribution in [0, 0.1) is 0 Å². The van der Waals surface area contributed by atoms with Crippen LogP contribution in [0.15, 0.2) is 18.2 Å². The average molecular weight is 330 g/mol. The van der Waals surface area contributed by atoms with Crippen molar-refractivity contribution in [3.05, 3.63) is 24.0 Å². The molecule has 0 bridgehead atoms. The highest BCUT2D eigenvalue weighted by molar-refractivity contribution is 5.80. The molecule has 0 aliphatic heterocycles. The smallest absolute Gasteiger partial charge is 0.109 e. The third kappa shape index (κ3) is 4.75. The van der Waals surface area contributed by atoms with E-state index in [1.54, 1.807) is 0 Å². The van der Waals surface area contributed by atoms with Crippen LogP contribution < -0.4 is 4.90 Å². The minimum Gasteiger partial charge on any atom is -0.371 e. The molecule has 2 aromatic rings. The van der Waals surface area contributed by atoms with Crippen molar-refractivity contribution in [2.45, 2.75) is 72.1 Å². The van der Waals surface area contributed by atoms with Crippen molar-refractivity contribution in [2.24, 2.45) is 7.05 Å². The second-order valence-corrected chi connectivity index (χ2v) is 6.91. The maximum Gasteiger partial charge on any atom is 0.109 e. The predicted molar refractivity (Wildman–Crippen MR) is 106 cm³/mol. The molecule has 0 N–H and O–H groups in total. The minimum absolute atomic E-state index is 1.10. The van der Waals surface area contributed by atoms with Crippen LogP contribution in [-0.2, 0) is 13.5 Å². The molecule has 1 heterocycles. The molecule has 0 saturated heterocycles. The van der Waals surface area contributed by atoms with Crippen LogP contribution in [0.2, 0.25) is 0 Å². The van der Waals surface area contributed by atoms with E-state index in [2.05, 4.69) is 55.5 Å². The highest BCUT2D eigenvalue weighted by Crippen LogP contribution is 2.23. The summed E-state index contributed by atoms with van der Waals surface area (Å²) in [5.41, 5.74) is 3.73. The van der Waals surface area contributed by atoms with E-state index in [4.69, 9.17) is 4.98 Å². The molecule has 24 heavy (non-hydrogen) atoms. The molecule has 3 heteroatoms. The number of aryl methyl sites for hydroxylation is 2. The molecule has 0 fully saturated rings. The van der Waals surface area contributed by atoms with Gasteiger partial charge in [0, 0.05) is 32.2 Å². The maximum atomic E-state index is 4.93. The third-order valence-electron chi connectivity index (χ3n) is 4.81. The summed E-state index contributed by atoms with van der Waals surface area (Å²) in [6.45, 7) is 9.01. The molecule has 0 aliphatic carbocycles. The van der Waals surface area contributed by atoms with E-state index in [-0.39, 0.29) is 0 Å². The van der Waals surface area contributed by atoms with Crippen LogP contribution in [0.3, 0.4) is 0 Å². The maximum absolute atomic E-state index is 4.93. The monoisotopic (exact) mass is 329 g/mol. The molecular formula is C21H35N3. The van der Waals surface area contributed by atoms with Gasteiger partial charge in [0.15, 0.2) is 0 Å². The Morgan fingerprint density at radius 2 is 1.62 bits per heavy atom. The molecule has 0 radical (unpaired) electrons. The number of fused-ring (bicyclic) bond motifs is 1. The van der Waals surface area contributed by atoms with Gasteiger partial charge in [-0.15, -0.1) is 0 Å². The van der Waals surface area contributed by atoms with Crippen molar-refractivity contribution < 1.29 is 0 Å². The van der Waals surface area contributed by atoms with E-state index in [0.717, 1.165) is 25.0 Å². The Balaban J connectivity index is 2.11. The number of hydrogen-bond donors (Lipinski definition) is 0. The van der Waals surface area contributed by atoms with Crippen LogP contribution in [0.25, 0.3) is 11.0 Å². The number of anilines is 1. The van der Waals surface area contributed by atoms with Crippen LogP contribution in [-0.4, -0.2) is 22.6 Å². The van der Waals surface area contributed by atoms with E-state index in [9.17, 15) is 0 Å². The first kappa shape index (κ1) is 18.8. The molecule has 0 atom stereocenters. The second-order valence-electron chi connectivity index (χ2n) is 6.91. The molecule has 0 spiro atoms. The Morgan fingerprint density at radius 1 is 0.917 bits per heavy atom. The zero-order chi connectivity index (χ0) is 17.4. The number of nitrogens with zero attached hydrogens (tertiary/aromatic N) is 3. The van der Waals surface area contributed by atoms with Crippen molar-refractivity contribution in [3.63, 3.8) is 0 Å². The lowest BCUT2D eigenvalue weighted by Gasteiger charge is -2.23. The molecule has 0 aliphatic rings. The van der Waals surface area contributed by atoms with Crippen molar-refractivity contribution in [3.8, 4) is 0 Å². The average Bonchev–Trinajstić information content (AvgIpc) is 2.90. The largest absolute Gasteiger partial charge is 0.371 e. The summed E-state index contributed by atoms with van der Waals surface area (Å²) < 4.78 is 2.28. The SMILES string of the molecule is CCCCCCCc1nc2cc(N(CCC)CCC)ccc2n1C. The van der Waals surface area contributed by atoms with Gasteiger partial charge in [-0.2, -0.15) is 0 Å². The molecule has 0 saturated carbocycles. The summed E-state index contributed by atoms with van der Waals surface area (Å²) in [6.07, 6.45) is 10.1. The Morgan fingerprint density at radius 3 is 2.29 bits per heavy atom. The van der Waals surface area contributed by atoms with Crippen molar-refractivity contribution in [2.75, 3.05) is 18.0 Å². The normalized spacial score (nSPS) is 11.3. The van der Waals surface area contributed by atoms with E-state index < -0.39 is 0 Å². The predicted octanol–water partition coefficient (Wildman–Crippen LogP) is 5.71. The molecule has 1 aromatic heterocycles. The van der Waals surface area contributed by atoms with Gasteiger partial charge < -0.3 is 9.47 Å². The lowest BCUT2D eigenvalue weighted by atomic mass is 10.1. The van der Waals surface area contributed by atoms with Gasteiger partial charge in [0.25, 0.3) is 0 Å². The van der Waals surface area contributed by atoms with Gasteiger partial charge in [-0.05, 0) is 37.5 Å². The first-order chi connectivity index (χ1) is 11.7. The number of imidazole rings is 1. The van der Waals surface area contributed by atoms with Crippen LogP contribution in [0.1, 0.15) is 71.5 Å². The summed E-state index contributed by atoms with van der Waals surface area (Å²) in [6, 6.07) is 6.79. The summed E-state index contributed by atoms with van der Waals surface area (Å²) in [4.78, 5) is 7.41. The lowest BCUT2D eigenvalue weighted by molar-refractivity contribution is 0.616. The van der Waals surface area contributed by atoms with E-state index in [1.807, 2.05) is 0 Å². The van der Waals surface area contributed by atoms with E-state index in [1.165, 1.54) is 62.0 Å². The molecule has 134 valence electrons. The van der Waals surface area contributed by atoms with E-state index >= 15 is 0 Å². The minimum atomic E-state index is 1.10.